The summed E-state index contributed by atoms with van der Waals surface area (Å²) in [7, 11) is 1.72. The number of amides is 2. The molecule has 2 heterocycles. The molecule has 0 spiro atoms. The van der Waals surface area contributed by atoms with Crippen LogP contribution >= 0.6 is 22.7 Å². The first kappa shape index (κ1) is 13.7. The SMILES string of the molecule is C[C@H](NC(=O)N(C)Cc1nccs1)c1nnc(N)s1. The molecule has 0 aliphatic heterocycles. The Bertz CT molecular complexity index is 540. The van der Waals surface area contributed by atoms with Gasteiger partial charge in [0.1, 0.15) is 10.0 Å². The molecule has 0 bridgehead atoms. The zero-order valence-corrected chi connectivity index (χ0v) is 12.2. The number of nitrogens with zero attached hydrogens (tertiary/aromatic N) is 4. The van der Waals surface area contributed by atoms with Gasteiger partial charge in [-0.05, 0) is 6.92 Å². The van der Waals surface area contributed by atoms with Gasteiger partial charge in [-0.1, -0.05) is 11.3 Å². The molecule has 2 rings (SSSR count). The molecule has 0 saturated heterocycles. The number of urea groups is 1. The van der Waals surface area contributed by atoms with Gasteiger partial charge < -0.3 is 16.0 Å². The van der Waals surface area contributed by atoms with Crippen LogP contribution in [0.1, 0.15) is 23.0 Å². The summed E-state index contributed by atoms with van der Waals surface area (Å²) in [5, 5.41) is 14.3. The molecule has 2 aromatic rings. The predicted molar refractivity (Wildman–Crippen MR) is 74.8 cm³/mol. The van der Waals surface area contributed by atoms with Gasteiger partial charge in [0.2, 0.25) is 5.13 Å². The van der Waals surface area contributed by atoms with Crippen LogP contribution in [0.3, 0.4) is 0 Å². The van der Waals surface area contributed by atoms with Gasteiger partial charge in [-0.25, -0.2) is 9.78 Å². The highest BCUT2D eigenvalue weighted by Crippen LogP contribution is 2.19. The quantitative estimate of drug-likeness (QED) is 0.891. The van der Waals surface area contributed by atoms with Crippen molar-refractivity contribution >= 4 is 33.8 Å². The lowest BCUT2D eigenvalue weighted by molar-refractivity contribution is 0.203. The second-order valence-electron chi connectivity index (χ2n) is 3.93. The Kier molecular flexibility index (Phi) is 4.27. The lowest BCUT2D eigenvalue weighted by Crippen LogP contribution is -2.38. The van der Waals surface area contributed by atoms with Crippen LogP contribution in [0.15, 0.2) is 11.6 Å². The first-order valence-corrected chi connectivity index (χ1v) is 7.24. The van der Waals surface area contributed by atoms with Gasteiger partial charge in [-0.15, -0.1) is 21.5 Å². The number of nitrogen functional groups attached to an aromatic ring is 1. The van der Waals surface area contributed by atoms with E-state index >= 15 is 0 Å². The number of carbonyl (C=O) groups excluding carboxylic acids is 1. The highest BCUT2D eigenvalue weighted by molar-refractivity contribution is 7.15. The standard InChI is InChI=1S/C10H14N6OS2/c1-6(8-14-15-9(11)19-8)13-10(17)16(2)5-7-12-3-4-18-7/h3-4,6H,5H2,1-2H3,(H2,11,15)(H,13,17)/t6-/m0/s1. The summed E-state index contributed by atoms with van der Waals surface area (Å²) >= 11 is 2.78. The number of hydrogen-bond donors (Lipinski definition) is 2. The zero-order valence-electron chi connectivity index (χ0n) is 10.5. The number of thiazole rings is 1. The summed E-state index contributed by atoms with van der Waals surface area (Å²) in [6, 6.07) is -0.405. The highest BCUT2D eigenvalue weighted by atomic mass is 32.1. The fraction of sp³-hybridized carbons (Fsp3) is 0.400. The van der Waals surface area contributed by atoms with Gasteiger partial charge in [0.05, 0.1) is 12.6 Å². The van der Waals surface area contributed by atoms with Crippen LogP contribution in [0.2, 0.25) is 0 Å². The summed E-state index contributed by atoms with van der Waals surface area (Å²) in [6.07, 6.45) is 1.72. The third kappa shape index (κ3) is 3.61. The number of anilines is 1. The topological polar surface area (TPSA) is 97.0 Å². The molecule has 0 aromatic carbocycles. The first-order valence-electron chi connectivity index (χ1n) is 5.55. The van der Waals surface area contributed by atoms with Gasteiger partial charge in [0, 0.05) is 18.6 Å². The third-order valence-corrected chi connectivity index (χ3v) is 4.07. The van der Waals surface area contributed by atoms with E-state index in [1.54, 1.807) is 18.1 Å². The molecule has 102 valence electrons. The molecular weight excluding hydrogens is 284 g/mol. The van der Waals surface area contributed by atoms with Gasteiger partial charge in [-0.2, -0.15) is 0 Å². The van der Waals surface area contributed by atoms with E-state index in [0.29, 0.717) is 16.7 Å². The fourth-order valence-electron chi connectivity index (χ4n) is 1.38. The molecule has 3 N–H and O–H groups in total. The van der Waals surface area contributed by atoms with E-state index in [1.807, 2.05) is 12.3 Å². The summed E-state index contributed by atoms with van der Waals surface area (Å²) in [6.45, 7) is 2.32. The molecule has 2 aromatic heterocycles. The summed E-state index contributed by atoms with van der Waals surface area (Å²) in [5.74, 6) is 0. The van der Waals surface area contributed by atoms with E-state index in [4.69, 9.17) is 5.73 Å². The second-order valence-corrected chi connectivity index (χ2v) is 5.95. The summed E-state index contributed by atoms with van der Waals surface area (Å²) < 4.78 is 0. The zero-order chi connectivity index (χ0) is 13.8. The minimum absolute atomic E-state index is 0.184. The monoisotopic (exact) mass is 298 g/mol. The second kappa shape index (κ2) is 5.93. The van der Waals surface area contributed by atoms with Crippen LogP contribution in [0.25, 0.3) is 0 Å². The minimum atomic E-state index is -0.221. The summed E-state index contributed by atoms with van der Waals surface area (Å²) in [4.78, 5) is 17.7. The van der Waals surface area contributed by atoms with E-state index in [2.05, 4.69) is 20.5 Å². The highest BCUT2D eigenvalue weighted by Gasteiger charge is 2.17. The van der Waals surface area contributed by atoms with Crippen molar-refractivity contribution in [1.29, 1.82) is 0 Å². The van der Waals surface area contributed by atoms with E-state index in [1.165, 1.54) is 22.7 Å². The Morgan fingerprint density at radius 2 is 2.37 bits per heavy atom. The Morgan fingerprint density at radius 1 is 1.58 bits per heavy atom. The molecule has 1 atom stereocenters. The molecule has 0 radical (unpaired) electrons. The molecule has 0 fully saturated rings. The Hall–Kier alpha value is -1.74. The van der Waals surface area contributed by atoms with Crippen LogP contribution in [0.5, 0.6) is 0 Å². The number of rotatable bonds is 4. The van der Waals surface area contributed by atoms with Crippen molar-refractivity contribution in [2.75, 3.05) is 12.8 Å². The first-order chi connectivity index (χ1) is 9.06. The van der Waals surface area contributed by atoms with E-state index in [0.717, 1.165) is 5.01 Å². The maximum Gasteiger partial charge on any atom is 0.318 e. The van der Waals surface area contributed by atoms with Crippen LogP contribution < -0.4 is 11.1 Å². The van der Waals surface area contributed by atoms with Crippen molar-refractivity contribution in [2.45, 2.75) is 19.5 Å². The maximum absolute atomic E-state index is 12.0. The van der Waals surface area contributed by atoms with Crippen molar-refractivity contribution in [3.05, 3.63) is 21.6 Å². The van der Waals surface area contributed by atoms with E-state index < -0.39 is 0 Å². The number of nitrogens with one attached hydrogen (secondary N) is 1. The largest absolute Gasteiger partial charge is 0.374 e. The van der Waals surface area contributed by atoms with E-state index in [-0.39, 0.29) is 12.1 Å². The van der Waals surface area contributed by atoms with Crippen molar-refractivity contribution in [3.8, 4) is 0 Å². The third-order valence-electron chi connectivity index (χ3n) is 2.37. The lowest BCUT2D eigenvalue weighted by Gasteiger charge is -2.19. The van der Waals surface area contributed by atoms with Crippen molar-refractivity contribution in [3.63, 3.8) is 0 Å². The van der Waals surface area contributed by atoms with Crippen molar-refractivity contribution < 1.29 is 4.79 Å². The van der Waals surface area contributed by atoms with Crippen LogP contribution in [0.4, 0.5) is 9.93 Å². The molecule has 0 aliphatic carbocycles. The molecule has 0 aliphatic rings. The molecule has 0 unspecified atom stereocenters. The Balaban J connectivity index is 1.89. The Labute approximate surface area is 118 Å². The predicted octanol–water partition coefficient (Wildman–Crippen LogP) is 1.48. The van der Waals surface area contributed by atoms with Gasteiger partial charge >= 0.3 is 6.03 Å². The molecule has 0 saturated carbocycles. The van der Waals surface area contributed by atoms with Crippen molar-refractivity contribution in [1.82, 2.24) is 25.4 Å². The van der Waals surface area contributed by atoms with Gasteiger partial charge in [-0.3, -0.25) is 0 Å². The maximum atomic E-state index is 12.0. The normalized spacial score (nSPS) is 12.1. The van der Waals surface area contributed by atoms with Crippen LogP contribution in [0, 0.1) is 0 Å². The fourth-order valence-corrected chi connectivity index (χ4v) is 2.67. The average molecular weight is 298 g/mol. The summed E-state index contributed by atoms with van der Waals surface area (Å²) in [5.41, 5.74) is 5.51. The van der Waals surface area contributed by atoms with E-state index in [9.17, 15) is 4.79 Å². The van der Waals surface area contributed by atoms with Gasteiger partial charge in [0.15, 0.2) is 0 Å². The number of aromatic nitrogens is 3. The number of nitrogens with two attached hydrogens (primary N) is 1. The Morgan fingerprint density at radius 3 is 2.95 bits per heavy atom. The molecule has 2 amide bonds. The van der Waals surface area contributed by atoms with Gasteiger partial charge in [0.25, 0.3) is 0 Å². The minimum Gasteiger partial charge on any atom is -0.374 e. The molecular formula is C10H14N6OS2. The average Bonchev–Trinajstić information content (AvgIpc) is 3.00. The number of hydrogen-bond acceptors (Lipinski definition) is 7. The van der Waals surface area contributed by atoms with Crippen molar-refractivity contribution in [2.24, 2.45) is 0 Å². The van der Waals surface area contributed by atoms with Crippen LogP contribution in [-0.4, -0.2) is 33.2 Å². The molecule has 9 heteroatoms. The number of carbonyl (C=O) groups is 1. The molecule has 19 heavy (non-hydrogen) atoms. The smallest absolute Gasteiger partial charge is 0.318 e. The van der Waals surface area contributed by atoms with Crippen LogP contribution in [-0.2, 0) is 6.54 Å². The lowest BCUT2D eigenvalue weighted by atomic mass is 10.3. The molecule has 7 nitrogen and oxygen atoms in total.